The third kappa shape index (κ3) is 4.79. The van der Waals surface area contributed by atoms with Crippen molar-refractivity contribution >= 4 is 0 Å². The average Bonchev–Trinajstić information content (AvgIpc) is 2.52. The van der Waals surface area contributed by atoms with Gasteiger partial charge in [0.05, 0.1) is 12.2 Å². The Hall–Kier alpha value is -1.98. The van der Waals surface area contributed by atoms with E-state index in [2.05, 4.69) is 29.1 Å². The van der Waals surface area contributed by atoms with Gasteiger partial charge in [-0.25, -0.2) is 0 Å². The minimum absolute atomic E-state index is 0.0957. The van der Waals surface area contributed by atoms with Gasteiger partial charge in [-0.15, -0.1) is 0 Å². The lowest BCUT2D eigenvalue weighted by Gasteiger charge is -2.28. The highest BCUT2D eigenvalue weighted by molar-refractivity contribution is 5.22. The molecule has 0 fully saturated rings. The first-order valence-corrected chi connectivity index (χ1v) is 7.43. The zero-order valence-corrected chi connectivity index (χ0v) is 13.4. The average molecular weight is 300 g/mol. The molecule has 2 aromatic heterocycles. The van der Waals surface area contributed by atoms with Gasteiger partial charge in [0.1, 0.15) is 12.4 Å². The molecule has 1 unspecified atom stereocenters. The largest absolute Gasteiger partial charge is 0.490 e. The van der Waals surface area contributed by atoms with Crippen molar-refractivity contribution in [3.8, 4) is 5.75 Å². The second-order valence-corrected chi connectivity index (χ2v) is 6.01. The Bertz CT molecular complexity index is 586. The van der Waals surface area contributed by atoms with Crippen LogP contribution in [0.5, 0.6) is 5.75 Å². The third-order valence-corrected chi connectivity index (χ3v) is 3.52. The van der Waals surface area contributed by atoms with Crippen LogP contribution in [0, 0.1) is 6.92 Å². The number of rotatable bonds is 7. The lowest BCUT2D eigenvalue weighted by Crippen LogP contribution is -2.46. The molecule has 3 N–H and O–H groups in total. The number of aryl methyl sites for hydroxylation is 1. The van der Waals surface area contributed by atoms with Crippen molar-refractivity contribution in [1.29, 1.82) is 0 Å². The van der Waals surface area contributed by atoms with Gasteiger partial charge in [0, 0.05) is 30.7 Å². The summed E-state index contributed by atoms with van der Waals surface area (Å²) in [5, 5.41) is 3.47. The van der Waals surface area contributed by atoms with Gasteiger partial charge in [0.25, 0.3) is 0 Å². The van der Waals surface area contributed by atoms with Gasteiger partial charge < -0.3 is 15.8 Å². The van der Waals surface area contributed by atoms with Crippen molar-refractivity contribution in [3.63, 3.8) is 0 Å². The monoisotopic (exact) mass is 300 g/mol. The van der Waals surface area contributed by atoms with Gasteiger partial charge in [-0.1, -0.05) is 0 Å². The van der Waals surface area contributed by atoms with Gasteiger partial charge in [0.2, 0.25) is 0 Å². The molecular weight excluding hydrogens is 276 g/mol. The van der Waals surface area contributed by atoms with Crippen molar-refractivity contribution in [2.75, 3.05) is 13.2 Å². The maximum Gasteiger partial charge on any atom is 0.137 e. The van der Waals surface area contributed by atoms with Crippen LogP contribution in [0.4, 0.5) is 0 Å². The zero-order valence-electron chi connectivity index (χ0n) is 13.4. The SMILES string of the molecule is Cc1cncc(OCC(N)CNC(C)(C)c2ccncc2)c1. The fourth-order valence-electron chi connectivity index (χ4n) is 2.13. The fourth-order valence-corrected chi connectivity index (χ4v) is 2.13. The molecule has 2 aromatic rings. The highest BCUT2D eigenvalue weighted by atomic mass is 16.5. The summed E-state index contributed by atoms with van der Waals surface area (Å²) < 4.78 is 5.68. The molecule has 5 nitrogen and oxygen atoms in total. The maximum absolute atomic E-state index is 6.12. The molecule has 0 aromatic carbocycles. The van der Waals surface area contributed by atoms with E-state index in [-0.39, 0.29) is 11.6 Å². The Labute approximate surface area is 131 Å². The summed E-state index contributed by atoms with van der Waals surface area (Å²) in [5.74, 6) is 0.754. The molecule has 0 aliphatic rings. The van der Waals surface area contributed by atoms with Crippen molar-refractivity contribution in [3.05, 3.63) is 54.1 Å². The van der Waals surface area contributed by atoms with E-state index in [4.69, 9.17) is 10.5 Å². The van der Waals surface area contributed by atoms with Crippen LogP contribution in [0.3, 0.4) is 0 Å². The van der Waals surface area contributed by atoms with Crippen molar-refractivity contribution in [2.45, 2.75) is 32.4 Å². The molecule has 22 heavy (non-hydrogen) atoms. The molecule has 0 bridgehead atoms. The number of nitrogens with zero attached hydrogens (tertiary/aromatic N) is 2. The van der Waals surface area contributed by atoms with Gasteiger partial charge in [-0.3, -0.25) is 9.97 Å². The molecule has 5 heteroatoms. The first kappa shape index (κ1) is 16.4. The van der Waals surface area contributed by atoms with Gasteiger partial charge in [0.15, 0.2) is 0 Å². The normalized spacial score (nSPS) is 12.9. The van der Waals surface area contributed by atoms with Crippen LogP contribution in [0.1, 0.15) is 25.0 Å². The Morgan fingerprint density at radius 3 is 2.64 bits per heavy atom. The van der Waals surface area contributed by atoms with Crippen LogP contribution >= 0.6 is 0 Å². The van der Waals surface area contributed by atoms with Crippen molar-refractivity contribution in [1.82, 2.24) is 15.3 Å². The number of pyridine rings is 2. The Morgan fingerprint density at radius 1 is 1.23 bits per heavy atom. The summed E-state index contributed by atoms with van der Waals surface area (Å²) in [4.78, 5) is 8.15. The number of nitrogens with two attached hydrogens (primary N) is 1. The minimum atomic E-state index is -0.161. The van der Waals surface area contributed by atoms with Gasteiger partial charge in [-0.05, 0) is 50.1 Å². The molecule has 0 amide bonds. The molecule has 2 heterocycles. The van der Waals surface area contributed by atoms with Crippen LogP contribution in [0.2, 0.25) is 0 Å². The predicted octanol–water partition coefficient (Wildman–Crippen LogP) is 2.02. The molecule has 0 aliphatic carbocycles. The van der Waals surface area contributed by atoms with Crippen LogP contribution < -0.4 is 15.8 Å². The standard InChI is InChI=1S/C17H24N4O/c1-13-8-16(11-20-9-13)22-12-15(18)10-21-17(2,3)14-4-6-19-7-5-14/h4-9,11,15,21H,10,12,18H2,1-3H3. The number of aromatic nitrogens is 2. The predicted molar refractivity (Wildman–Crippen MR) is 87.7 cm³/mol. The lowest BCUT2D eigenvalue weighted by atomic mass is 9.95. The zero-order chi connectivity index (χ0) is 16.0. The summed E-state index contributed by atoms with van der Waals surface area (Å²) in [6.45, 7) is 7.35. The molecule has 0 saturated heterocycles. The molecular formula is C17H24N4O. The molecule has 0 aliphatic heterocycles. The third-order valence-electron chi connectivity index (χ3n) is 3.52. The molecule has 0 spiro atoms. The molecule has 1 atom stereocenters. The van der Waals surface area contributed by atoms with E-state index in [1.54, 1.807) is 24.8 Å². The Balaban J connectivity index is 1.81. The smallest absolute Gasteiger partial charge is 0.137 e. The van der Waals surface area contributed by atoms with E-state index >= 15 is 0 Å². The molecule has 0 saturated carbocycles. The van der Waals surface area contributed by atoms with Crippen LogP contribution in [-0.4, -0.2) is 29.2 Å². The fraction of sp³-hybridized carbons (Fsp3) is 0.412. The second kappa shape index (κ2) is 7.33. The Kier molecular flexibility index (Phi) is 5.46. The highest BCUT2D eigenvalue weighted by Crippen LogP contribution is 2.18. The summed E-state index contributed by atoms with van der Waals surface area (Å²) in [5.41, 5.74) is 8.21. The lowest BCUT2D eigenvalue weighted by molar-refractivity contribution is 0.269. The van der Waals surface area contributed by atoms with E-state index < -0.39 is 0 Å². The highest BCUT2D eigenvalue weighted by Gasteiger charge is 2.20. The van der Waals surface area contributed by atoms with Crippen LogP contribution in [-0.2, 0) is 5.54 Å². The van der Waals surface area contributed by atoms with E-state index in [1.807, 2.05) is 25.1 Å². The van der Waals surface area contributed by atoms with Crippen molar-refractivity contribution < 1.29 is 4.74 Å². The summed E-state index contributed by atoms with van der Waals surface area (Å²) in [7, 11) is 0. The summed E-state index contributed by atoms with van der Waals surface area (Å²) in [6, 6.07) is 5.87. The maximum atomic E-state index is 6.12. The number of ether oxygens (including phenoxy) is 1. The molecule has 118 valence electrons. The quantitative estimate of drug-likeness (QED) is 0.818. The first-order chi connectivity index (χ1) is 10.5. The molecule has 2 rings (SSSR count). The molecule has 0 radical (unpaired) electrons. The van der Waals surface area contributed by atoms with Crippen LogP contribution in [0.25, 0.3) is 0 Å². The first-order valence-electron chi connectivity index (χ1n) is 7.43. The van der Waals surface area contributed by atoms with E-state index in [0.29, 0.717) is 13.2 Å². The van der Waals surface area contributed by atoms with E-state index in [1.165, 1.54) is 5.56 Å². The van der Waals surface area contributed by atoms with Crippen molar-refractivity contribution in [2.24, 2.45) is 5.73 Å². The topological polar surface area (TPSA) is 73.1 Å². The van der Waals surface area contributed by atoms with Gasteiger partial charge >= 0.3 is 0 Å². The summed E-state index contributed by atoms with van der Waals surface area (Å²) in [6.07, 6.45) is 7.10. The number of hydrogen-bond acceptors (Lipinski definition) is 5. The van der Waals surface area contributed by atoms with E-state index in [0.717, 1.165) is 11.3 Å². The summed E-state index contributed by atoms with van der Waals surface area (Å²) >= 11 is 0. The van der Waals surface area contributed by atoms with Gasteiger partial charge in [-0.2, -0.15) is 0 Å². The van der Waals surface area contributed by atoms with E-state index in [9.17, 15) is 0 Å². The number of nitrogens with one attached hydrogen (secondary N) is 1. The Morgan fingerprint density at radius 2 is 1.95 bits per heavy atom. The number of hydrogen-bond donors (Lipinski definition) is 2. The minimum Gasteiger partial charge on any atom is -0.490 e. The second-order valence-electron chi connectivity index (χ2n) is 6.01. The van der Waals surface area contributed by atoms with Crippen LogP contribution in [0.15, 0.2) is 43.0 Å².